The lowest BCUT2D eigenvalue weighted by Crippen LogP contribution is -2.46. The Balaban J connectivity index is 1.58. The largest absolute Gasteiger partial charge is 0.491 e. The van der Waals surface area contributed by atoms with Crippen molar-refractivity contribution < 1.29 is 9.53 Å². The molecule has 1 N–H and O–H groups in total. The molecule has 1 atom stereocenters. The van der Waals surface area contributed by atoms with E-state index in [1.807, 2.05) is 23.1 Å². The Kier molecular flexibility index (Phi) is 7.25. The monoisotopic (exact) mass is 421 g/mol. The molecule has 31 heavy (non-hydrogen) atoms. The average Bonchev–Trinajstić information content (AvgIpc) is 2.80. The molecule has 2 aromatic carbocycles. The molecule has 2 aliphatic rings. The fourth-order valence-electron chi connectivity index (χ4n) is 4.71. The minimum Gasteiger partial charge on any atom is -0.491 e. The highest BCUT2D eigenvalue weighted by Crippen LogP contribution is 2.32. The summed E-state index contributed by atoms with van der Waals surface area (Å²) < 4.78 is 6.12. The third kappa shape index (κ3) is 5.28. The number of piperazine rings is 1. The Bertz CT molecular complexity index is 876. The number of likely N-dealkylation sites (tertiary alicyclic amines) is 1. The Morgan fingerprint density at radius 1 is 1.03 bits per heavy atom. The summed E-state index contributed by atoms with van der Waals surface area (Å²) in [5.41, 5.74) is 3.18. The molecule has 1 unspecified atom stereocenters. The van der Waals surface area contributed by atoms with E-state index in [1.165, 1.54) is 12.0 Å². The number of carbonyl (C=O) groups excluding carboxylic acids is 1. The second-order valence-electron chi connectivity index (χ2n) is 8.90. The highest BCUT2D eigenvalue weighted by molar-refractivity contribution is 5.95. The van der Waals surface area contributed by atoms with E-state index >= 15 is 0 Å². The minimum absolute atomic E-state index is 0.133. The van der Waals surface area contributed by atoms with E-state index in [0.717, 1.165) is 69.0 Å². The van der Waals surface area contributed by atoms with Gasteiger partial charge in [-0.15, -0.1) is 0 Å². The van der Waals surface area contributed by atoms with Gasteiger partial charge in [-0.3, -0.25) is 9.69 Å². The fourth-order valence-corrected chi connectivity index (χ4v) is 4.71. The van der Waals surface area contributed by atoms with Gasteiger partial charge < -0.3 is 15.0 Å². The number of ether oxygens (including phenoxy) is 1. The van der Waals surface area contributed by atoms with Gasteiger partial charge in [0.15, 0.2) is 0 Å². The van der Waals surface area contributed by atoms with Crippen molar-refractivity contribution in [1.82, 2.24) is 15.1 Å². The zero-order chi connectivity index (χ0) is 21.6. The predicted octanol–water partition coefficient (Wildman–Crippen LogP) is 4.25. The normalized spacial score (nSPS) is 20.1. The van der Waals surface area contributed by atoms with Crippen molar-refractivity contribution in [1.29, 1.82) is 0 Å². The number of hydrogen-bond acceptors (Lipinski definition) is 4. The van der Waals surface area contributed by atoms with Gasteiger partial charge in [0.05, 0.1) is 12.1 Å². The molecule has 2 aromatic rings. The molecular formula is C26H35N3O2. The van der Waals surface area contributed by atoms with E-state index in [1.54, 1.807) is 0 Å². The molecule has 5 nitrogen and oxygen atoms in total. The van der Waals surface area contributed by atoms with E-state index in [0.29, 0.717) is 0 Å². The molecule has 5 heteroatoms. The number of hydrogen-bond donors (Lipinski definition) is 1. The SMILES string of the molecule is CC(C)Oc1ccccc1C1CNCCN1Cc1ccccc1C(=O)N1CCCCC1. The predicted molar refractivity (Wildman–Crippen MR) is 124 cm³/mol. The zero-order valence-electron chi connectivity index (χ0n) is 18.8. The van der Waals surface area contributed by atoms with Gasteiger partial charge in [0.2, 0.25) is 0 Å². The first-order valence-corrected chi connectivity index (χ1v) is 11.7. The summed E-state index contributed by atoms with van der Waals surface area (Å²) in [5, 5.41) is 3.55. The molecule has 2 fully saturated rings. The number of nitrogens with one attached hydrogen (secondary N) is 1. The van der Waals surface area contributed by atoms with Crippen molar-refractivity contribution in [3.8, 4) is 5.75 Å². The highest BCUT2D eigenvalue weighted by Gasteiger charge is 2.28. The van der Waals surface area contributed by atoms with Crippen molar-refractivity contribution in [2.75, 3.05) is 32.7 Å². The zero-order valence-corrected chi connectivity index (χ0v) is 18.8. The quantitative estimate of drug-likeness (QED) is 0.758. The lowest BCUT2D eigenvalue weighted by molar-refractivity contribution is 0.0720. The molecule has 166 valence electrons. The van der Waals surface area contributed by atoms with Crippen molar-refractivity contribution >= 4 is 5.91 Å². The molecule has 2 saturated heterocycles. The van der Waals surface area contributed by atoms with Crippen molar-refractivity contribution in [2.24, 2.45) is 0 Å². The smallest absolute Gasteiger partial charge is 0.254 e. The summed E-state index contributed by atoms with van der Waals surface area (Å²) in [6.45, 7) is 9.41. The number of para-hydroxylation sites is 1. The van der Waals surface area contributed by atoms with Gasteiger partial charge in [0, 0.05) is 50.4 Å². The molecule has 0 radical (unpaired) electrons. The van der Waals surface area contributed by atoms with Gasteiger partial charge in [0.25, 0.3) is 5.91 Å². The Morgan fingerprint density at radius 2 is 1.77 bits per heavy atom. The lowest BCUT2D eigenvalue weighted by atomic mass is 9.99. The van der Waals surface area contributed by atoms with Crippen LogP contribution in [0.1, 0.15) is 60.6 Å². The first kappa shape index (κ1) is 21.8. The number of piperidine rings is 1. The topological polar surface area (TPSA) is 44.8 Å². The van der Waals surface area contributed by atoms with Crippen LogP contribution in [-0.2, 0) is 6.54 Å². The summed E-state index contributed by atoms with van der Waals surface area (Å²) >= 11 is 0. The van der Waals surface area contributed by atoms with Crippen LogP contribution in [0.5, 0.6) is 5.75 Å². The van der Waals surface area contributed by atoms with E-state index in [2.05, 4.69) is 54.4 Å². The summed E-state index contributed by atoms with van der Waals surface area (Å²) in [6, 6.07) is 16.7. The molecule has 4 rings (SSSR count). The summed E-state index contributed by atoms with van der Waals surface area (Å²) in [7, 11) is 0. The third-order valence-electron chi connectivity index (χ3n) is 6.26. The van der Waals surface area contributed by atoms with Gasteiger partial charge in [-0.25, -0.2) is 0 Å². The van der Waals surface area contributed by atoms with Crippen molar-refractivity contribution in [3.05, 3.63) is 65.2 Å². The van der Waals surface area contributed by atoms with E-state index in [4.69, 9.17) is 4.74 Å². The fraction of sp³-hybridized carbons (Fsp3) is 0.500. The van der Waals surface area contributed by atoms with Crippen LogP contribution in [0.25, 0.3) is 0 Å². The van der Waals surface area contributed by atoms with Crippen LogP contribution < -0.4 is 10.1 Å². The van der Waals surface area contributed by atoms with Crippen LogP contribution in [-0.4, -0.2) is 54.5 Å². The first-order valence-electron chi connectivity index (χ1n) is 11.7. The number of carbonyl (C=O) groups is 1. The minimum atomic E-state index is 0.133. The van der Waals surface area contributed by atoms with Crippen LogP contribution >= 0.6 is 0 Å². The maximum Gasteiger partial charge on any atom is 0.254 e. The van der Waals surface area contributed by atoms with Gasteiger partial charge in [-0.1, -0.05) is 36.4 Å². The van der Waals surface area contributed by atoms with Crippen LogP contribution in [0, 0.1) is 0 Å². The third-order valence-corrected chi connectivity index (χ3v) is 6.26. The first-order chi connectivity index (χ1) is 15.1. The van der Waals surface area contributed by atoms with Crippen molar-refractivity contribution in [2.45, 2.75) is 51.8 Å². The molecule has 2 aliphatic heterocycles. The molecule has 1 amide bonds. The van der Waals surface area contributed by atoms with E-state index in [9.17, 15) is 4.79 Å². The maximum atomic E-state index is 13.3. The van der Waals surface area contributed by atoms with Gasteiger partial charge in [-0.2, -0.15) is 0 Å². The van der Waals surface area contributed by atoms with Crippen LogP contribution in [0.3, 0.4) is 0 Å². The second-order valence-corrected chi connectivity index (χ2v) is 8.90. The van der Waals surface area contributed by atoms with E-state index in [-0.39, 0.29) is 18.1 Å². The molecule has 0 spiro atoms. The molecule has 0 bridgehead atoms. The van der Waals surface area contributed by atoms with Crippen LogP contribution in [0.4, 0.5) is 0 Å². The Hall–Kier alpha value is -2.37. The second kappa shape index (κ2) is 10.3. The Morgan fingerprint density at radius 3 is 2.58 bits per heavy atom. The lowest BCUT2D eigenvalue weighted by Gasteiger charge is -2.38. The van der Waals surface area contributed by atoms with Gasteiger partial charge in [0.1, 0.15) is 5.75 Å². The summed E-state index contributed by atoms with van der Waals surface area (Å²) in [5.74, 6) is 1.14. The van der Waals surface area contributed by atoms with E-state index < -0.39 is 0 Å². The number of benzene rings is 2. The number of rotatable bonds is 6. The standard InChI is InChI=1S/C26H35N3O2/c1-20(2)31-25-13-7-6-12-23(25)24-18-27-14-17-29(24)19-21-10-4-5-11-22(21)26(30)28-15-8-3-9-16-28/h4-7,10-13,20,24,27H,3,8-9,14-19H2,1-2H3. The van der Waals surface area contributed by atoms with Gasteiger partial charge >= 0.3 is 0 Å². The highest BCUT2D eigenvalue weighted by atomic mass is 16.5. The molecule has 0 aliphatic carbocycles. The van der Waals surface area contributed by atoms with Crippen LogP contribution in [0.2, 0.25) is 0 Å². The molecular weight excluding hydrogens is 386 g/mol. The maximum absolute atomic E-state index is 13.3. The molecule has 2 heterocycles. The number of amides is 1. The van der Waals surface area contributed by atoms with Gasteiger partial charge in [-0.05, 0) is 50.8 Å². The average molecular weight is 422 g/mol. The Labute approximate surface area is 186 Å². The summed E-state index contributed by atoms with van der Waals surface area (Å²) in [4.78, 5) is 17.8. The van der Waals surface area contributed by atoms with Crippen LogP contribution in [0.15, 0.2) is 48.5 Å². The summed E-state index contributed by atoms with van der Waals surface area (Å²) in [6.07, 6.45) is 3.58. The van der Waals surface area contributed by atoms with Crippen molar-refractivity contribution in [3.63, 3.8) is 0 Å². The molecule has 0 aromatic heterocycles. The molecule has 0 saturated carbocycles. The number of nitrogens with zero attached hydrogens (tertiary/aromatic N) is 2.